The molecule has 1 aliphatic rings. The molecule has 2 N–H and O–H groups in total. The minimum Gasteiger partial charge on any atom is -0.491 e. The molecule has 1 fully saturated rings. The lowest BCUT2D eigenvalue weighted by Crippen LogP contribution is -2.48. The Hall–Kier alpha value is -0.760. The van der Waals surface area contributed by atoms with Gasteiger partial charge in [-0.1, -0.05) is 11.6 Å². The molecule has 1 aromatic rings. The van der Waals surface area contributed by atoms with Gasteiger partial charge in [0.1, 0.15) is 18.4 Å². The quantitative estimate of drug-likeness (QED) is 0.765. The maximum atomic E-state index is 12.1. The molecule has 24 heavy (non-hydrogen) atoms. The van der Waals surface area contributed by atoms with Crippen molar-refractivity contribution in [3.8, 4) is 5.75 Å². The van der Waals surface area contributed by atoms with E-state index in [4.69, 9.17) is 21.1 Å². The first-order valence-corrected chi connectivity index (χ1v) is 7.63. The number of rotatable bonds is 6. The summed E-state index contributed by atoms with van der Waals surface area (Å²) in [4.78, 5) is 14.1. The van der Waals surface area contributed by atoms with Crippen molar-refractivity contribution in [3.05, 3.63) is 23.2 Å². The van der Waals surface area contributed by atoms with Gasteiger partial charge in [-0.05, 0) is 32.3 Å². The number of likely N-dealkylation sites (N-methyl/N-ethyl adjacent to an activating group) is 1. The van der Waals surface area contributed by atoms with Crippen LogP contribution in [0.4, 0.5) is 5.69 Å². The Morgan fingerprint density at radius 1 is 1.46 bits per heavy atom. The Bertz CT molecular complexity index is 512. The molecule has 0 aliphatic carbocycles. The van der Waals surface area contributed by atoms with Gasteiger partial charge in [0.05, 0.1) is 18.2 Å². The van der Waals surface area contributed by atoms with Crippen LogP contribution < -0.4 is 15.4 Å². The molecule has 1 aromatic carbocycles. The molecule has 6 nitrogen and oxygen atoms in total. The Morgan fingerprint density at radius 3 is 2.79 bits per heavy atom. The van der Waals surface area contributed by atoms with E-state index in [1.165, 1.54) is 0 Å². The summed E-state index contributed by atoms with van der Waals surface area (Å²) in [5, 5.41) is 6.40. The third-order valence-electron chi connectivity index (χ3n) is 3.23. The van der Waals surface area contributed by atoms with Crippen molar-refractivity contribution in [2.45, 2.75) is 6.04 Å². The normalized spacial score (nSPS) is 16.8. The summed E-state index contributed by atoms with van der Waals surface area (Å²) in [6, 6.07) is 4.90. The number of anilines is 1. The summed E-state index contributed by atoms with van der Waals surface area (Å²) >= 11 is 6.18. The van der Waals surface area contributed by atoms with E-state index in [2.05, 4.69) is 10.6 Å². The first-order valence-electron chi connectivity index (χ1n) is 7.25. The Labute approximate surface area is 160 Å². The molecule has 2 rings (SSSR count). The number of nitrogens with one attached hydrogen (secondary N) is 2. The predicted octanol–water partition coefficient (Wildman–Crippen LogP) is 2.05. The number of nitrogens with zero attached hydrogens (tertiary/aromatic N) is 1. The van der Waals surface area contributed by atoms with Crippen molar-refractivity contribution in [2.75, 3.05) is 52.3 Å². The molecule has 0 spiro atoms. The highest BCUT2D eigenvalue weighted by Gasteiger charge is 2.21. The first-order chi connectivity index (χ1) is 10.6. The zero-order valence-corrected chi connectivity index (χ0v) is 16.1. The van der Waals surface area contributed by atoms with Crippen molar-refractivity contribution >= 4 is 48.0 Å². The average Bonchev–Trinajstić information content (AvgIpc) is 2.50. The summed E-state index contributed by atoms with van der Waals surface area (Å²) in [6.45, 7) is 3.06. The molecule has 1 unspecified atom stereocenters. The highest BCUT2D eigenvalue weighted by Crippen LogP contribution is 2.27. The number of hydrogen-bond donors (Lipinski definition) is 2. The van der Waals surface area contributed by atoms with Crippen LogP contribution in [-0.4, -0.2) is 63.9 Å². The van der Waals surface area contributed by atoms with Gasteiger partial charge in [-0.3, -0.25) is 4.79 Å². The second-order valence-corrected chi connectivity index (χ2v) is 5.78. The van der Waals surface area contributed by atoms with Gasteiger partial charge in [0.25, 0.3) is 0 Å². The fraction of sp³-hybridized carbons (Fsp3) is 0.533. The second kappa shape index (κ2) is 11.7. The van der Waals surface area contributed by atoms with E-state index in [1.54, 1.807) is 18.2 Å². The fourth-order valence-corrected chi connectivity index (χ4v) is 2.23. The molecule has 0 aromatic heterocycles. The third kappa shape index (κ3) is 7.42. The van der Waals surface area contributed by atoms with Gasteiger partial charge < -0.3 is 25.0 Å². The number of amides is 1. The Kier molecular flexibility index (Phi) is 11.4. The lowest BCUT2D eigenvalue weighted by Gasteiger charge is -2.23. The number of hydrogen-bond acceptors (Lipinski definition) is 5. The molecule has 1 saturated heterocycles. The van der Waals surface area contributed by atoms with Gasteiger partial charge in [-0.15, -0.1) is 24.8 Å². The third-order valence-corrected chi connectivity index (χ3v) is 3.53. The van der Waals surface area contributed by atoms with E-state index in [0.717, 1.165) is 6.54 Å². The smallest absolute Gasteiger partial charge is 0.243 e. The molecule has 1 amide bonds. The minimum absolute atomic E-state index is 0. The number of benzene rings is 1. The van der Waals surface area contributed by atoms with Crippen LogP contribution in [0, 0.1) is 0 Å². The van der Waals surface area contributed by atoms with Gasteiger partial charge in [0.15, 0.2) is 0 Å². The van der Waals surface area contributed by atoms with Crippen molar-refractivity contribution in [2.24, 2.45) is 0 Å². The van der Waals surface area contributed by atoms with Crippen LogP contribution in [0.1, 0.15) is 0 Å². The monoisotopic (exact) mass is 399 g/mol. The second-order valence-electron chi connectivity index (χ2n) is 5.37. The lowest BCUT2D eigenvalue weighted by molar-refractivity contribution is -0.120. The van der Waals surface area contributed by atoms with Gasteiger partial charge in [-0.2, -0.15) is 0 Å². The van der Waals surface area contributed by atoms with Crippen LogP contribution in [0.5, 0.6) is 5.75 Å². The molecule has 9 heteroatoms. The van der Waals surface area contributed by atoms with E-state index in [9.17, 15) is 4.79 Å². The molecule has 1 heterocycles. The van der Waals surface area contributed by atoms with Crippen LogP contribution in [0.15, 0.2) is 18.2 Å². The standard InChI is InChI=1S/C15H22ClN3O3.2ClH/c1-19(2)6-8-22-14-4-3-11(9-12(14)16)18-15(20)13-10-21-7-5-17-13;;/h3-4,9,13,17H,5-8,10H2,1-2H3,(H,18,20);2*1H. The van der Waals surface area contributed by atoms with Crippen molar-refractivity contribution < 1.29 is 14.3 Å². The first kappa shape index (κ1) is 23.2. The molecule has 1 aliphatic heterocycles. The van der Waals surface area contributed by atoms with Crippen molar-refractivity contribution in [1.82, 2.24) is 10.2 Å². The summed E-state index contributed by atoms with van der Waals surface area (Å²) in [6.07, 6.45) is 0. The number of carbonyl (C=O) groups is 1. The van der Waals surface area contributed by atoms with Gasteiger partial charge in [0, 0.05) is 18.8 Å². The van der Waals surface area contributed by atoms with E-state index in [1.807, 2.05) is 19.0 Å². The summed E-state index contributed by atoms with van der Waals surface area (Å²) in [7, 11) is 3.96. The highest BCUT2D eigenvalue weighted by molar-refractivity contribution is 6.32. The lowest BCUT2D eigenvalue weighted by atomic mass is 10.2. The zero-order chi connectivity index (χ0) is 15.9. The Morgan fingerprint density at radius 2 is 2.21 bits per heavy atom. The van der Waals surface area contributed by atoms with Crippen LogP contribution in [-0.2, 0) is 9.53 Å². The predicted molar refractivity (Wildman–Crippen MR) is 101 cm³/mol. The van der Waals surface area contributed by atoms with E-state index in [0.29, 0.717) is 42.8 Å². The van der Waals surface area contributed by atoms with Crippen molar-refractivity contribution in [3.63, 3.8) is 0 Å². The summed E-state index contributed by atoms with van der Waals surface area (Å²) in [5.74, 6) is 0.484. The number of halogens is 3. The topological polar surface area (TPSA) is 62.8 Å². The molecule has 0 saturated carbocycles. The largest absolute Gasteiger partial charge is 0.491 e. The Balaban J connectivity index is 0.00000264. The molecular weight excluding hydrogens is 377 g/mol. The van der Waals surface area contributed by atoms with Crippen LogP contribution >= 0.6 is 36.4 Å². The number of carbonyl (C=O) groups excluding carboxylic acids is 1. The van der Waals surface area contributed by atoms with E-state index < -0.39 is 0 Å². The van der Waals surface area contributed by atoms with Crippen LogP contribution in [0.25, 0.3) is 0 Å². The fourth-order valence-electron chi connectivity index (χ4n) is 2.00. The van der Waals surface area contributed by atoms with Gasteiger partial charge in [0.2, 0.25) is 5.91 Å². The van der Waals surface area contributed by atoms with Crippen LogP contribution in [0.3, 0.4) is 0 Å². The average molecular weight is 401 g/mol. The number of morpholine rings is 1. The summed E-state index contributed by atoms with van der Waals surface area (Å²) in [5.41, 5.74) is 0.641. The maximum Gasteiger partial charge on any atom is 0.243 e. The molecule has 138 valence electrons. The minimum atomic E-state index is -0.330. The van der Waals surface area contributed by atoms with Gasteiger partial charge in [-0.25, -0.2) is 0 Å². The highest BCUT2D eigenvalue weighted by atomic mass is 35.5. The van der Waals surface area contributed by atoms with Crippen LogP contribution in [0.2, 0.25) is 5.02 Å². The maximum absolute atomic E-state index is 12.1. The molecule has 1 atom stereocenters. The van der Waals surface area contributed by atoms with E-state index in [-0.39, 0.29) is 36.8 Å². The van der Waals surface area contributed by atoms with E-state index >= 15 is 0 Å². The zero-order valence-electron chi connectivity index (χ0n) is 13.7. The van der Waals surface area contributed by atoms with Gasteiger partial charge >= 0.3 is 0 Å². The summed E-state index contributed by atoms with van der Waals surface area (Å²) < 4.78 is 10.9. The molecule has 0 radical (unpaired) electrons. The SMILES string of the molecule is CN(C)CCOc1ccc(NC(=O)C2COCCN2)cc1Cl.Cl.Cl. The van der Waals surface area contributed by atoms with Crippen molar-refractivity contribution in [1.29, 1.82) is 0 Å². The molecule has 0 bridgehead atoms. The number of ether oxygens (including phenoxy) is 2. The molecular formula is C15H24Cl3N3O3.